The zero-order chi connectivity index (χ0) is 18.9. The van der Waals surface area contributed by atoms with Gasteiger partial charge in [0, 0.05) is 24.0 Å². The van der Waals surface area contributed by atoms with Gasteiger partial charge in [0.05, 0.1) is 5.69 Å². The molecule has 4 aromatic rings. The molecule has 7 nitrogen and oxygen atoms in total. The van der Waals surface area contributed by atoms with Gasteiger partial charge in [-0.3, -0.25) is 4.40 Å². The van der Waals surface area contributed by atoms with E-state index in [9.17, 15) is 0 Å². The highest BCUT2D eigenvalue weighted by Crippen LogP contribution is 2.34. The summed E-state index contributed by atoms with van der Waals surface area (Å²) in [7, 11) is 0. The van der Waals surface area contributed by atoms with Gasteiger partial charge in [-0.2, -0.15) is 4.98 Å². The van der Waals surface area contributed by atoms with E-state index in [4.69, 9.17) is 14.4 Å². The fourth-order valence-electron chi connectivity index (χ4n) is 3.77. The first-order valence-electron chi connectivity index (χ1n) is 9.62. The van der Waals surface area contributed by atoms with E-state index in [0.29, 0.717) is 17.8 Å². The molecule has 8 heteroatoms. The summed E-state index contributed by atoms with van der Waals surface area (Å²) in [5.41, 5.74) is 4.82. The lowest BCUT2D eigenvalue weighted by Gasteiger charge is -2.23. The maximum atomic E-state index is 5.56. The third-order valence-electron chi connectivity index (χ3n) is 5.23. The molecule has 0 radical (unpaired) electrons. The number of hydrogen-bond acceptors (Lipinski definition) is 6. The minimum Gasteiger partial charge on any atom is -0.432 e. The maximum Gasteiger partial charge on any atom is 0.306 e. The van der Waals surface area contributed by atoms with Crippen LogP contribution in [-0.2, 0) is 0 Å². The van der Waals surface area contributed by atoms with Gasteiger partial charge in [-0.1, -0.05) is 24.3 Å². The predicted octanol–water partition coefficient (Wildman–Crippen LogP) is 3.95. The lowest BCUT2D eigenvalue weighted by Crippen LogP contribution is -2.35. The average molecular weight is 411 g/mol. The van der Waals surface area contributed by atoms with E-state index in [1.807, 2.05) is 28.8 Å². The number of nitrogens with one attached hydrogen (secondary N) is 2. The Kier molecular flexibility index (Phi) is 5.51. The molecule has 0 aliphatic carbocycles. The fourth-order valence-corrected chi connectivity index (χ4v) is 3.77. The minimum atomic E-state index is 0. The molecule has 0 bridgehead atoms. The molecule has 0 atom stereocenters. The van der Waals surface area contributed by atoms with Gasteiger partial charge in [-0.25, -0.2) is 9.97 Å². The smallest absolute Gasteiger partial charge is 0.306 e. The molecule has 1 aromatic carbocycles. The number of nitrogens with zero attached hydrogens (tertiary/aromatic N) is 4. The molecule has 0 spiro atoms. The van der Waals surface area contributed by atoms with Gasteiger partial charge in [0.1, 0.15) is 17.7 Å². The topological polar surface area (TPSA) is 80.3 Å². The molecule has 29 heavy (non-hydrogen) atoms. The molecule has 2 N–H and O–H groups in total. The summed E-state index contributed by atoms with van der Waals surface area (Å²) >= 11 is 0. The van der Waals surface area contributed by atoms with Crippen molar-refractivity contribution in [3.8, 4) is 22.6 Å². The quantitative estimate of drug-likeness (QED) is 0.530. The number of rotatable bonds is 4. The van der Waals surface area contributed by atoms with E-state index in [0.717, 1.165) is 54.1 Å². The number of imidazole rings is 1. The SMILES string of the molecule is Cc1ccccc1-c1nc2occn2c1-c1ccnc(NC2CCNCC2)n1.Cl. The van der Waals surface area contributed by atoms with E-state index >= 15 is 0 Å². The Morgan fingerprint density at radius 1 is 1.14 bits per heavy atom. The molecule has 4 heterocycles. The van der Waals surface area contributed by atoms with Crippen LogP contribution in [0.2, 0.25) is 0 Å². The number of hydrogen-bond donors (Lipinski definition) is 2. The first-order valence-corrected chi connectivity index (χ1v) is 9.62. The monoisotopic (exact) mass is 410 g/mol. The number of halogens is 1. The molecule has 150 valence electrons. The van der Waals surface area contributed by atoms with Crippen molar-refractivity contribution in [3.05, 3.63) is 54.6 Å². The Labute approximate surface area is 175 Å². The van der Waals surface area contributed by atoms with Crippen LogP contribution < -0.4 is 10.6 Å². The highest BCUT2D eigenvalue weighted by Gasteiger charge is 2.21. The van der Waals surface area contributed by atoms with Crippen molar-refractivity contribution in [2.75, 3.05) is 18.4 Å². The van der Waals surface area contributed by atoms with Gasteiger partial charge in [0.15, 0.2) is 0 Å². The van der Waals surface area contributed by atoms with Gasteiger partial charge >= 0.3 is 5.84 Å². The number of anilines is 1. The molecule has 5 rings (SSSR count). The van der Waals surface area contributed by atoms with Gasteiger partial charge < -0.3 is 15.1 Å². The van der Waals surface area contributed by atoms with Crippen LogP contribution in [0, 0.1) is 6.92 Å². The van der Waals surface area contributed by atoms with Crippen molar-refractivity contribution in [2.45, 2.75) is 25.8 Å². The molecular weight excluding hydrogens is 388 g/mol. The van der Waals surface area contributed by atoms with Crippen LogP contribution in [0.5, 0.6) is 0 Å². The number of fused-ring (bicyclic) bond motifs is 1. The average Bonchev–Trinajstić information content (AvgIpc) is 3.30. The Bertz CT molecular complexity index is 1120. The van der Waals surface area contributed by atoms with Crippen LogP contribution in [0.15, 0.2) is 53.4 Å². The lowest BCUT2D eigenvalue weighted by molar-refractivity contribution is 0.477. The van der Waals surface area contributed by atoms with Gasteiger partial charge in [0.2, 0.25) is 5.95 Å². The maximum absolute atomic E-state index is 5.56. The fraction of sp³-hybridized carbons (Fsp3) is 0.286. The van der Waals surface area contributed by atoms with E-state index in [-0.39, 0.29) is 12.4 Å². The number of oxazole rings is 1. The second-order valence-electron chi connectivity index (χ2n) is 7.11. The van der Waals surface area contributed by atoms with Crippen molar-refractivity contribution >= 4 is 24.2 Å². The Morgan fingerprint density at radius 3 is 2.79 bits per heavy atom. The number of aromatic nitrogens is 4. The standard InChI is InChI=1S/C21H22N6O.ClH/c1-14-4-2-3-5-16(14)18-19(27-12-13-28-21(27)26-18)17-8-11-23-20(25-17)24-15-6-9-22-10-7-15;/h2-5,8,11-13,15,22H,6-7,9-10H2,1H3,(H,23,24,25);1H. The summed E-state index contributed by atoms with van der Waals surface area (Å²) in [6.45, 7) is 4.13. The summed E-state index contributed by atoms with van der Waals surface area (Å²) in [5, 5.41) is 6.86. The van der Waals surface area contributed by atoms with Crippen LogP contribution >= 0.6 is 12.4 Å². The molecule has 1 saturated heterocycles. The van der Waals surface area contributed by atoms with Crippen molar-refractivity contribution in [3.63, 3.8) is 0 Å². The zero-order valence-electron chi connectivity index (χ0n) is 16.1. The summed E-state index contributed by atoms with van der Waals surface area (Å²) in [6, 6.07) is 10.5. The predicted molar refractivity (Wildman–Crippen MR) is 115 cm³/mol. The van der Waals surface area contributed by atoms with Crippen LogP contribution in [0.1, 0.15) is 18.4 Å². The number of benzene rings is 1. The summed E-state index contributed by atoms with van der Waals surface area (Å²) in [6.07, 6.45) is 7.46. The van der Waals surface area contributed by atoms with Crippen LogP contribution in [0.4, 0.5) is 5.95 Å². The second kappa shape index (κ2) is 8.23. The molecule has 0 amide bonds. The van der Waals surface area contributed by atoms with Crippen LogP contribution in [0.25, 0.3) is 28.5 Å². The molecule has 0 unspecified atom stereocenters. The highest BCUT2D eigenvalue weighted by atomic mass is 35.5. The van der Waals surface area contributed by atoms with Crippen molar-refractivity contribution in [2.24, 2.45) is 0 Å². The van der Waals surface area contributed by atoms with Crippen LogP contribution in [-0.4, -0.2) is 38.5 Å². The van der Waals surface area contributed by atoms with Crippen LogP contribution in [0.3, 0.4) is 0 Å². The van der Waals surface area contributed by atoms with E-state index in [1.165, 1.54) is 0 Å². The zero-order valence-corrected chi connectivity index (χ0v) is 16.9. The molecule has 1 aliphatic heterocycles. The highest BCUT2D eigenvalue weighted by molar-refractivity contribution is 5.85. The van der Waals surface area contributed by atoms with Gasteiger partial charge in [-0.15, -0.1) is 12.4 Å². The second-order valence-corrected chi connectivity index (χ2v) is 7.11. The third kappa shape index (κ3) is 3.71. The van der Waals surface area contributed by atoms with Gasteiger partial charge in [0.25, 0.3) is 0 Å². The van der Waals surface area contributed by atoms with E-state index in [1.54, 1.807) is 12.5 Å². The molecule has 3 aromatic heterocycles. The first kappa shape index (κ1) is 19.4. The summed E-state index contributed by atoms with van der Waals surface area (Å²) in [4.78, 5) is 14.0. The summed E-state index contributed by atoms with van der Waals surface area (Å²) in [5.74, 6) is 1.21. The number of aryl methyl sites for hydroxylation is 1. The Balaban J connectivity index is 0.00000205. The van der Waals surface area contributed by atoms with E-state index in [2.05, 4.69) is 34.7 Å². The lowest BCUT2D eigenvalue weighted by atomic mass is 10.0. The van der Waals surface area contributed by atoms with Crippen molar-refractivity contribution in [1.29, 1.82) is 0 Å². The summed E-state index contributed by atoms with van der Waals surface area (Å²) < 4.78 is 7.50. The third-order valence-corrected chi connectivity index (χ3v) is 5.23. The Morgan fingerprint density at radius 2 is 1.97 bits per heavy atom. The van der Waals surface area contributed by atoms with Gasteiger partial charge in [-0.05, 0) is 44.5 Å². The molecule has 0 saturated carbocycles. The minimum absolute atomic E-state index is 0. The largest absolute Gasteiger partial charge is 0.432 e. The number of piperidine rings is 1. The van der Waals surface area contributed by atoms with E-state index < -0.39 is 0 Å². The normalized spacial score (nSPS) is 14.7. The molecule has 1 fully saturated rings. The molecular formula is C21H23ClN6O. The molecule has 1 aliphatic rings. The first-order chi connectivity index (χ1) is 13.8. The van der Waals surface area contributed by atoms with Crippen molar-refractivity contribution in [1.82, 2.24) is 24.7 Å². The van der Waals surface area contributed by atoms with Crippen molar-refractivity contribution < 1.29 is 4.42 Å². The Hall–Kier alpha value is -2.90.